The fourth-order valence-corrected chi connectivity index (χ4v) is 3.74. The molecule has 6 heteroatoms. The van der Waals surface area contributed by atoms with Crippen LogP contribution in [-0.4, -0.2) is 53.3 Å². The molecule has 0 atom stereocenters. The first-order valence-electron chi connectivity index (χ1n) is 7.90. The molecule has 1 saturated heterocycles. The van der Waals surface area contributed by atoms with E-state index >= 15 is 0 Å². The van der Waals surface area contributed by atoms with Gasteiger partial charge in [-0.1, -0.05) is 6.92 Å². The van der Waals surface area contributed by atoms with Gasteiger partial charge < -0.3 is 10.1 Å². The highest BCUT2D eigenvalue weighted by Gasteiger charge is 2.28. The number of nitrogens with one attached hydrogen (secondary N) is 1. The highest BCUT2D eigenvalue weighted by Crippen LogP contribution is 2.29. The number of fused-ring (bicyclic) bond motifs is 1. The third-order valence-electron chi connectivity index (χ3n) is 4.28. The molecule has 0 unspecified atom stereocenters. The van der Waals surface area contributed by atoms with Crippen LogP contribution in [0.1, 0.15) is 25.6 Å². The molecule has 5 nitrogen and oxygen atoms in total. The zero-order chi connectivity index (χ0) is 15.6. The van der Waals surface area contributed by atoms with Crippen molar-refractivity contribution in [1.29, 1.82) is 0 Å². The number of aryl methyl sites for hydroxylation is 1. The molecule has 0 saturated carbocycles. The summed E-state index contributed by atoms with van der Waals surface area (Å²) in [5.74, 6) is 0.947. The predicted octanol–water partition coefficient (Wildman–Crippen LogP) is 2.78. The van der Waals surface area contributed by atoms with Crippen LogP contribution in [0.15, 0.2) is 12.4 Å². The van der Waals surface area contributed by atoms with Gasteiger partial charge in [-0.3, -0.25) is 4.90 Å². The lowest BCUT2D eigenvalue weighted by Crippen LogP contribution is -2.53. The van der Waals surface area contributed by atoms with Crippen LogP contribution in [0.5, 0.6) is 0 Å². The molecule has 0 radical (unpaired) electrons. The summed E-state index contributed by atoms with van der Waals surface area (Å²) in [6.07, 6.45) is 2.70. The van der Waals surface area contributed by atoms with Crippen LogP contribution in [-0.2, 0) is 11.2 Å². The van der Waals surface area contributed by atoms with Crippen molar-refractivity contribution >= 4 is 27.4 Å². The number of ether oxygens (including phenoxy) is 1. The SMILES string of the molecule is CCc1cc2c(NCC(C)(C)N3CCOCC3)ncnc2s1. The van der Waals surface area contributed by atoms with Gasteiger partial charge in [0.2, 0.25) is 0 Å². The Bertz CT molecular complexity index is 634. The zero-order valence-electron chi connectivity index (χ0n) is 13.6. The Kier molecular flexibility index (Phi) is 4.61. The summed E-state index contributed by atoms with van der Waals surface area (Å²) in [7, 11) is 0. The van der Waals surface area contributed by atoms with Crippen LogP contribution in [0, 0.1) is 0 Å². The number of aromatic nitrogens is 2. The van der Waals surface area contributed by atoms with Gasteiger partial charge in [0.25, 0.3) is 0 Å². The Morgan fingerprint density at radius 2 is 2.09 bits per heavy atom. The van der Waals surface area contributed by atoms with E-state index in [0.717, 1.165) is 55.3 Å². The number of hydrogen-bond acceptors (Lipinski definition) is 6. The minimum Gasteiger partial charge on any atom is -0.379 e. The van der Waals surface area contributed by atoms with E-state index in [0.29, 0.717) is 0 Å². The molecule has 2 aromatic rings. The van der Waals surface area contributed by atoms with Crippen molar-refractivity contribution in [2.24, 2.45) is 0 Å². The molecule has 3 rings (SSSR count). The van der Waals surface area contributed by atoms with Gasteiger partial charge in [0.15, 0.2) is 0 Å². The predicted molar refractivity (Wildman–Crippen MR) is 91.8 cm³/mol. The highest BCUT2D eigenvalue weighted by molar-refractivity contribution is 7.18. The van der Waals surface area contributed by atoms with Gasteiger partial charge >= 0.3 is 0 Å². The lowest BCUT2D eigenvalue weighted by Gasteiger charge is -2.41. The molecule has 1 aliphatic rings. The van der Waals surface area contributed by atoms with Gasteiger partial charge in [-0.05, 0) is 26.3 Å². The summed E-state index contributed by atoms with van der Waals surface area (Å²) in [6, 6.07) is 2.21. The first-order chi connectivity index (χ1) is 10.6. The van der Waals surface area contributed by atoms with Crippen molar-refractivity contribution in [2.45, 2.75) is 32.7 Å². The summed E-state index contributed by atoms with van der Waals surface area (Å²) < 4.78 is 5.45. The Hall–Kier alpha value is -1.24. The standard InChI is InChI=1S/C16H24N4OS/c1-4-12-9-13-14(18-11-19-15(13)22-12)17-10-16(2,3)20-5-7-21-8-6-20/h9,11H,4-8,10H2,1-3H3,(H,17,18,19). The average molecular weight is 320 g/mol. The van der Waals surface area contributed by atoms with Crippen molar-refractivity contribution in [2.75, 3.05) is 38.2 Å². The van der Waals surface area contributed by atoms with Crippen LogP contribution < -0.4 is 5.32 Å². The average Bonchev–Trinajstić information content (AvgIpc) is 2.97. The van der Waals surface area contributed by atoms with Crippen LogP contribution >= 0.6 is 11.3 Å². The maximum absolute atomic E-state index is 5.45. The molecular weight excluding hydrogens is 296 g/mol. The fraction of sp³-hybridized carbons (Fsp3) is 0.625. The van der Waals surface area contributed by atoms with E-state index in [-0.39, 0.29) is 5.54 Å². The number of nitrogens with zero attached hydrogens (tertiary/aromatic N) is 3. The van der Waals surface area contributed by atoms with Crippen molar-refractivity contribution in [1.82, 2.24) is 14.9 Å². The van der Waals surface area contributed by atoms with Crippen molar-refractivity contribution < 1.29 is 4.74 Å². The molecule has 120 valence electrons. The molecular formula is C16H24N4OS. The van der Waals surface area contributed by atoms with Gasteiger partial charge in [0.05, 0.1) is 18.6 Å². The van der Waals surface area contributed by atoms with Crippen molar-refractivity contribution in [3.63, 3.8) is 0 Å². The topological polar surface area (TPSA) is 50.3 Å². The van der Waals surface area contributed by atoms with Gasteiger partial charge in [-0.2, -0.15) is 0 Å². The molecule has 1 aliphatic heterocycles. The van der Waals surface area contributed by atoms with Crippen LogP contribution in [0.2, 0.25) is 0 Å². The smallest absolute Gasteiger partial charge is 0.138 e. The number of anilines is 1. The van der Waals surface area contributed by atoms with E-state index in [1.54, 1.807) is 17.7 Å². The largest absolute Gasteiger partial charge is 0.379 e. The molecule has 2 aromatic heterocycles. The number of morpholine rings is 1. The van der Waals surface area contributed by atoms with Crippen molar-refractivity contribution in [3.05, 3.63) is 17.3 Å². The molecule has 0 spiro atoms. The number of rotatable bonds is 5. The first kappa shape index (κ1) is 15.6. The second-order valence-electron chi connectivity index (χ2n) is 6.27. The summed E-state index contributed by atoms with van der Waals surface area (Å²) in [4.78, 5) is 13.7. The summed E-state index contributed by atoms with van der Waals surface area (Å²) in [5.41, 5.74) is 0.0741. The van der Waals surface area contributed by atoms with E-state index in [9.17, 15) is 0 Å². The van der Waals surface area contributed by atoms with E-state index in [4.69, 9.17) is 4.74 Å². The molecule has 0 amide bonds. The summed E-state index contributed by atoms with van der Waals surface area (Å²) >= 11 is 1.75. The molecule has 0 aliphatic carbocycles. The van der Waals surface area contributed by atoms with Gasteiger partial charge in [0, 0.05) is 30.1 Å². The monoisotopic (exact) mass is 320 g/mol. The fourth-order valence-electron chi connectivity index (χ4n) is 2.80. The maximum atomic E-state index is 5.45. The third kappa shape index (κ3) is 3.24. The number of thiophene rings is 1. The Morgan fingerprint density at radius 1 is 1.32 bits per heavy atom. The quantitative estimate of drug-likeness (QED) is 0.918. The van der Waals surface area contributed by atoms with Gasteiger partial charge in [-0.15, -0.1) is 11.3 Å². The van der Waals surface area contributed by atoms with Gasteiger partial charge in [-0.25, -0.2) is 9.97 Å². The van der Waals surface area contributed by atoms with E-state index < -0.39 is 0 Å². The van der Waals surface area contributed by atoms with E-state index in [1.807, 2.05) is 0 Å². The van der Waals surface area contributed by atoms with Crippen LogP contribution in [0.25, 0.3) is 10.2 Å². The Balaban J connectivity index is 1.74. The van der Waals surface area contributed by atoms with E-state index in [1.165, 1.54) is 4.88 Å². The lowest BCUT2D eigenvalue weighted by molar-refractivity contribution is -0.00569. The highest BCUT2D eigenvalue weighted by atomic mass is 32.1. The second-order valence-corrected chi connectivity index (χ2v) is 7.39. The minimum absolute atomic E-state index is 0.0741. The van der Waals surface area contributed by atoms with Crippen molar-refractivity contribution in [3.8, 4) is 0 Å². The molecule has 3 heterocycles. The molecule has 0 aromatic carbocycles. The van der Waals surface area contributed by atoms with Crippen LogP contribution in [0.4, 0.5) is 5.82 Å². The third-order valence-corrected chi connectivity index (χ3v) is 5.47. The molecule has 1 N–H and O–H groups in total. The first-order valence-corrected chi connectivity index (χ1v) is 8.72. The van der Waals surface area contributed by atoms with Crippen LogP contribution in [0.3, 0.4) is 0 Å². The molecule has 1 fully saturated rings. The minimum atomic E-state index is 0.0741. The summed E-state index contributed by atoms with van der Waals surface area (Å²) in [5, 5.41) is 4.68. The maximum Gasteiger partial charge on any atom is 0.138 e. The normalized spacial score (nSPS) is 17.0. The Labute approximate surface area is 135 Å². The number of hydrogen-bond donors (Lipinski definition) is 1. The second kappa shape index (κ2) is 6.48. The van der Waals surface area contributed by atoms with Gasteiger partial charge in [0.1, 0.15) is 17.0 Å². The lowest BCUT2D eigenvalue weighted by atomic mass is 10.0. The zero-order valence-corrected chi connectivity index (χ0v) is 14.4. The summed E-state index contributed by atoms with van der Waals surface area (Å²) in [6.45, 7) is 11.2. The molecule has 22 heavy (non-hydrogen) atoms. The Morgan fingerprint density at radius 3 is 2.82 bits per heavy atom. The van der Waals surface area contributed by atoms with E-state index in [2.05, 4.69) is 47.0 Å². The molecule has 0 bridgehead atoms.